The van der Waals surface area contributed by atoms with Crippen molar-refractivity contribution < 1.29 is 32.7 Å². The summed E-state index contributed by atoms with van der Waals surface area (Å²) >= 11 is 0. The summed E-state index contributed by atoms with van der Waals surface area (Å²) in [5.41, 5.74) is 6.06. The molecule has 0 aliphatic carbocycles. The molecule has 0 spiro atoms. The van der Waals surface area contributed by atoms with E-state index in [-0.39, 0.29) is 40.1 Å². The quantitative estimate of drug-likeness (QED) is 0.132. The average molecular weight is 884 g/mol. The number of hydrogen-bond acceptors (Lipinski definition) is 13. The normalized spacial score (nSPS) is 7.81. The van der Waals surface area contributed by atoms with Crippen LogP contribution in [0.25, 0.3) is 10.9 Å². The van der Waals surface area contributed by atoms with Crippen LogP contribution < -0.4 is 0 Å². The zero-order chi connectivity index (χ0) is 44.1. The second-order valence-corrected chi connectivity index (χ2v) is 9.48. The molecule has 321 valence electrons. The molecule has 0 amide bonds. The van der Waals surface area contributed by atoms with E-state index >= 15 is 0 Å². The molecule has 0 aliphatic heterocycles. The van der Waals surface area contributed by atoms with E-state index in [1.807, 2.05) is 165 Å². The molecule has 6 heterocycles. The van der Waals surface area contributed by atoms with E-state index in [0.717, 1.165) is 45.2 Å². The molecular formula is C45H72N13Y-. The van der Waals surface area contributed by atoms with E-state index in [1.165, 1.54) is 12.7 Å². The third kappa shape index (κ3) is 41.0. The number of benzene rings is 1. The zero-order valence-corrected chi connectivity index (χ0v) is 42.1. The van der Waals surface area contributed by atoms with E-state index < -0.39 is 0 Å². The van der Waals surface area contributed by atoms with Gasteiger partial charge in [-0.3, -0.25) is 0 Å². The van der Waals surface area contributed by atoms with Gasteiger partial charge in [0.25, 0.3) is 0 Å². The Labute approximate surface area is 382 Å². The first-order valence-electron chi connectivity index (χ1n) is 19.5. The Morgan fingerprint density at radius 1 is 0.373 bits per heavy atom. The van der Waals surface area contributed by atoms with E-state index in [1.54, 1.807) is 50.4 Å². The van der Waals surface area contributed by atoms with E-state index in [0.29, 0.717) is 5.82 Å². The number of fused-ring (bicyclic) bond motifs is 1. The van der Waals surface area contributed by atoms with Crippen LogP contribution in [0.15, 0.2) is 111 Å². The fourth-order valence-corrected chi connectivity index (χ4v) is 3.12. The molecule has 0 fully saturated rings. The van der Waals surface area contributed by atoms with E-state index in [2.05, 4.69) is 65.3 Å². The zero-order valence-electron chi connectivity index (χ0n) is 39.3. The van der Waals surface area contributed by atoms with Gasteiger partial charge in [-0.25, -0.2) is 44.9 Å². The molecule has 1 aromatic carbocycles. The number of hydrogen-bond donors (Lipinski definition) is 0. The average Bonchev–Trinajstić information content (AvgIpc) is 3.27. The van der Waals surface area contributed by atoms with Gasteiger partial charge in [0, 0.05) is 91.9 Å². The largest absolute Gasteiger partial charge is 0.358 e. The van der Waals surface area contributed by atoms with Crippen LogP contribution in [-0.2, 0) is 32.7 Å². The van der Waals surface area contributed by atoms with Gasteiger partial charge >= 0.3 is 0 Å². The molecule has 0 saturated carbocycles. The molecule has 7 aromatic rings. The van der Waals surface area contributed by atoms with E-state index in [9.17, 15) is 0 Å². The minimum atomic E-state index is 0. The molecular weight excluding hydrogens is 811 g/mol. The van der Waals surface area contributed by atoms with Crippen molar-refractivity contribution in [2.45, 2.75) is 118 Å². The summed E-state index contributed by atoms with van der Waals surface area (Å²) in [4.78, 5) is 35.2. The van der Waals surface area contributed by atoms with Crippen LogP contribution in [0.3, 0.4) is 0 Å². The Balaban J connectivity index is -0.000000137. The smallest absolute Gasteiger partial charge is 0.147 e. The van der Waals surface area contributed by atoms with Crippen LogP contribution in [0.5, 0.6) is 0 Å². The van der Waals surface area contributed by atoms with Crippen molar-refractivity contribution in [3.63, 3.8) is 0 Å². The fraction of sp³-hybridized carbons (Fsp3) is 0.378. The van der Waals surface area contributed by atoms with Crippen molar-refractivity contribution in [3.8, 4) is 0 Å². The Kier molecular flexibility index (Phi) is 56.9. The van der Waals surface area contributed by atoms with Crippen LogP contribution in [0.4, 0.5) is 0 Å². The molecule has 7 rings (SSSR count). The molecule has 0 bridgehead atoms. The van der Waals surface area contributed by atoms with Crippen molar-refractivity contribution in [3.05, 3.63) is 158 Å². The Morgan fingerprint density at radius 2 is 0.881 bits per heavy atom. The van der Waals surface area contributed by atoms with Crippen LogP contribution in [-0.4, -0.2) is 65.3 Å². The number of rotatable bonds is 0. The monoisotopic (exact) mass is 884 g/mol. The number of aryl methyl sites for hydroxylation is 7. The molecule has 13 nitrogen and oxygen atoms in total. The maximum Gasteiger partial charge on any atom is 0.147 e. The number of nitrogens with zero attached hydrogens (tertiary/aromatic N) is 13. The fourth-order valence-electron chi connectivity index (χ4n) is 3.12. The predicted molar refractivity (Wildman–Crippen MR) is 244 cm³/mol. The molecule has 0 saturated heterocycles. The van der Waals surface area contributed by atoms with Crippen molar-refractivity contribution in [1.82, 2.24) is 65.3 Å². The van der Waals surface area contributed by atoms with Crippen molar-refractivity contribution >= 4 is 10.9 Å². The Bertz CT molecular complexity index is 1630. The molecule has 59 heavy (non-hydrogen) atoms. The molecule has 0 N–H and O–H groups in total. The molecule has 0 unspecified atom stereocenters. The topological polar surface area (TPSA) is 168 Å². The second-order valence-electron chi connectivity index (χ2n) is 9.48. The summed E-state index contributed by atoms with van der Waals surface area (Å²) in [6.45, 7) is 33.4. The van der Waals surface area contributed by atoms with Gasteiger partial charge in [0.1, 0.15) is 30.6 Å². The van der Waals surface area contributed by atoms with E-state index in [4.69, 9.17) is 0 Å². The van der Waals surface area contributed by atoms with Gasteiger partial charge in [0.15, 0.2) is 0 Å². The molecule has 14 heteroatoms. The molecule has 6 aromatic heterocycles. The van der Waals surface area contributed by atoms with Crippen LogP contribution in [0, 0.1) is 55.9 Å². The predicted octanol–water partition coefficient (Wildman–Crippen LogP) is 11.1. The van der Waals surface area contributed by atoms with Crippen LogP contribution in [0.2, 0.25) is 0 Å². The third-order valence-electron chi connectivity index (χ3n) is 5.42. The first-order valence-corrected chi connectivity index (χ1v) is 19.5. The van der Waals surface area contributed by atoms with Crippen molar-refractivity contribution in [1.29, 1.82) is 0 Å². The number of para-hydroxylation sites is 1. The van der Waals surface area contributed by atoms with Crippen molar-refractivity contribution in [2.24, 2.45) is 0 Å². The summed E-state index contributed by atoms with van der Waals surface area (Å²) < 4.78 is 0. The second kappa shape index (κ2) is 51.0. The first-order chi connectivity index (χ1) is 27.7. The summed E-state index contributed by atoms with van der Waals surface area (Å²) in [6, 6.07) is 17.4. The minimum Gasteiger partial charge on any atom is -0.358 e. The summed E-state index contributed by atoms with van der Waals surface area (Å²) in [5, 5.41) is 15.7. The SMILES string of the molecule is CC.CC.CC.CC.CC.Cc1cccnn1.Cc1ccnc(C)n1.Cc1ccncn1.Cc1ccncn1.Cc1nccnn1.Cc1ncnc2ccccc12.[CH3-].[Y]. The standard InChI is InChI=1S/C9H8N2.C6H8N2.3C5H6N2.C4H5N3.5C2H6.CH3.Y/c1-7-8-4-2-3-5-9(8)11-6-10-7;1-5-3-4-7-6(2)8-5;2*1-5-2-3-6-4-7-5;1-5-3-2-4-6-7-5;1-4-5-2-3-6-7-4;5*1-2;;/h2-6H,1H3;3-4H,1-2H3;3*2-4H,1H3;2-3H,1H3;5*1-2H3;1H3;/q;;;;;;;;;;;-1;. The van der Waals surface area contributed by atoms with Gasteiger partial charge in [-0.15, -0.1) is 5.10 Å². The van der Waals surface area contributed by atoms with Crippen LogP contribution in [0.1, 0.15) is 109 Å². The summed E-state index contributed by atoms with van der Waals surface area (Å²) in [6.07, 6.45) is 14.7. The van der Waals surface area contributed by atoms with Gasteiger partial charge in [0.2, 0.25) is 0 Å². The van der Waals surface area contributed by atoms with Gasteiger partial charge < -0.3 is 7.43 Å². The minimum absolute atomic E-state index is 0. The summed E-state index contributed by atoms with van der Waals surface area (Å²) in [5.74, 6) is 1.55. The molecule has 0 aliphatic rings. The maximum absolute atomic E-state index is 4.13. The maximum atomic E-state index is 4.13. The van der Waals surface area contributed by atoms with Gasteiger partial charge in [-0.2, -0.15) is 15.3 Å². The first kappa shape index (κ1) is 65.8. The van der Waals surface area contributed by atoms with Crippen molar-refractivity contribution in [2.75, 3.05) is 0 Å². The van der Waals surface area contributed by atoms with Gasteiger partial charge in [-0.1, -0.05) is 87.4 Å². The molecule has 0 atom stereocenters. The van der Waals surface area contributed by atoms with Gasteiger partial charge in [0.05, 0.1) is 17.4 Å². The molecule has 1 radical (unpaired) electrons. The number of aromatic nitrogens is 13. The Hall–Kier alpha value is -5.01. The van der Waals surface area contributed by atoms with Gasteiger partial charge in [-0.05, 0) is 84.9 Å². The third-order valence-corrected chi connectivity index (χ3v) is 5.42. The Morgan fingerprint density at radius 3 is 1.19 bits per heavy atom. The van der Waals surface area contributed by atoms with Crippen LogP contribution >= 0.6 is 0 Å². The summed E-state index contributed by atoms with van der Waals surface area (Å²) in [7, 11) is 0.